The molecule has 0 aromatic heterocycles. The highest BCUT2D eigenvalue weighted by molar-refractivity contribution is 5.95. The van der Waals surface area contributed by atoms with E-state index in [9.17, 15) is 9.59 Å². The summed E-state index contributed by atoms with van der Waals surface area (Å²) in [6, 6.07) is 19.4. The van der Waals surface area contributed by atoms with Gasteiger partial charge in [0, 0.05) is 11.3 Å². The Morgan fingerprint density at radius 3 is 2.35 bits per heavy atom. The molecule has 8 heteroatoms. The molecule has 0 saturated carbocycles. The van der Waals surface area contributed by atoms with Crippen LogP contribution < -0.4 is 25.0 Å². The van der Waals surface area contributed by atoms with E-state index in [0.29, 0.717) is 40.7 Å². The van der Waals surface area contributed by atoms with E-state index in [4.69, 9.17) is 14.2 Å². The Balaban J connectivity index is 1.58. The van der Waals surface area contributed by atoms with Crippen LogP contribution in [0, 0.1) is 6.92 Å². The van der Waals surface area contributed by atoms with E-state index in [1.165, 1.54) is 6.21 Å². The number of nitrogens with zero attached hydrogens (tertiary/aromatic N) is 1. The number of ether oxygens (including phenoxy) is 3. The molecule has 0 saturated heterocycles. The van der Waals surface area contributed by atoms with Gasteiger partial charge in [0.15, 0.2) is 18.1 Å². The average Bonchev–Trinajstić information content (AvgIpc) is 2.85. The Hall–Kier alpha value is -4.33. The number of aryl methyl sites for hydroxylation is 1. The van der Waals surface area contributed by atoms with Crippen LogP contribution in [0.3, 0.4) is 0 Å². The maximum Gasteiger partial charge on any atom is 0.271 e. The molecule has 0 aliphatic heterocycles. The summed E-state index contributed by atoms with van der Waals surface area (Å²) in [6.45, 7) is 4.08. The summed E-state index contributed by atoms with van der Waals surface area (Å²) in [5.74, 6) is 0.941. The zero-order chi connectivity index (χ0) is 24.3. The monoisotopic (exact) mass is 461 g/mol. The first-order chi connectivity index (χ1) is 16.5. The van der Waals surface area contributed by atoms with Crippen LogP contribution in [0.2, 0.25) is 0 Å². The molecular weight excluding hydrogens is 434 g/mol. The molecular formula is C26H27N3O5. The van der Waals surface area contributed by atoms with Crippen molar-refractivity contribution >= 4 is 23.7 Å². The average molecular weight is 462 g/mol. The lowest BCUT2D eigenvalue weighted by Crippen LogP contribution is -2.20. The van der Waals surface area contributed by atoms with Crippen molar-refractivity contribution in [1.82, 2.24) is 5.43 Å². The lowest BCUT2D eigenvalue weighted by molar-refractivity contribution is -0.118. The zero-order valence-corrected chi connectivity index (χ0v) is 19.3. The van der Waals surface area contributed by atoms with Gasteiger partial charge in [-0.25, -0.2) is 5.43 Å². The largest absolute Gasteiger partial charge is 0.497 e. The molecule has 0 unspecified atom stereocenters. The van der Waals surface area contributed by atoms with Crippen molar-refractivity contribution in [3.05, 3.63) is 83.4 Å². The molecule has 2 amide bonds. The molecule has 3 rings (SSSR count). The Morgan fingerprint density at radius 1 is 0.941 bits per heavy atom. The lowest BCUT2D eigenvalue weighted by Gasteiger charge is -2.12. The molecule has 34 heavy (non-hydrogen) atoms. The molecule has 0 aliphatic rings. The van der Waals surface area contributed by atoms with E-state index >= 15 is 0 Å². The maximum atomic E-state index is 12.2. The van der Waals surface area contributed by atoms with Gasteiger partial charge < -0.3 is 19.5 Å². The van der Waals surface area contributed by atoms with Gasteiger partial charge in [-0.1, -0.05) is 17.7 Å². The van der Waals surface area contributed by atoms with Gasteiger partial charge in [-0.2, -0.15) is 5.10 Å². The number of rotatable bonds is 10. The Labute approximate surface area is 198 Å². The molecule has 0 heterocycles. The van der Waals surface area contributed by atoms with Gasteiger partial charge in [0.25, 0.3) is 11.8 Å². The van der Waals surface area contributed by atoms with E-state index in [2.05, 4.69) is 15.8 Å². The minimum Gasteiger partial charge on any atom is -0.497 e. The second kappa shape index (κ2) is 12.1. The Bertz CT molecular complexity index is 1140. The molecule has 3 aromatic rings. The van der Waals surface area contributed by atoms with Crippen LogP contribution in [0.25, 0.3) is 0 Å². The highest BCUT2D eigenvalue weighted by Crippen LogP contribution is 2.28. The van der Waals surface area contributed by atoms with E-state index in [1.807, 2.05) is 38.1 Å². The summed E-state index contributed by atoms with van der Waals surface area (Å²) in [6.07, 6.45) is 1.50. The molecule has 176 valence electrons. The van der Waals surface area contributed by atoms with Crippen LogP contribution in [0.5, 0.6) is 17.2 Å². The van der Waals surface area contributed by atoms with Gasteiger partial charge in [-0.05, 0) is 74.0 Å². The van der Waals surface area contributed by atoms with E-state index in [-0.39, 0.29) is 18.4 Å². The fraction of sp³-hybridized carbons (Fsp3) is 0.192. The fourth-order valence-corrected chi connectivity index (χ4v) is 2.94. The second-order valence-electron chi connectivity index (χ2n) is 7.27. The normalized spacial score (nSPS) is 10.6. The minimum absolute atomic E-state index is 0.167. The van der Waals surface area contributed by atoms with Gasteiger partial charge >= 0.3 is 0 Å². The molecule has 0 atom stereocenters. The molecule has 0 fully saturated rings. The number of benzene rings is 3. The number of nitrogens with one attached hydrogen (secondary N) is 2. The van der Waals surface area contributed by atoms with Crippen LogP contribution in [0.1, 0.15) is 28.4 Å². The van der Waals surface area contributed by atoms with Crippen LogP contribution in [-0.4, -0.2) is 38.4 Å². The van der Waals surface area contributed by atoms with Crippen molar-refractivity contribution in [2.24, 2.45) is 5.10 Å². The van der Waals surface area contributed by atoms with E-state index in [1.54, 1.807) is 49.6 Å². The quantitative estimate of drug-likeness (QED) is 0.349. The first kappa shape index (κ1) is 24.3. The summed E-state index contributed by atoms with van der Waals surface area (Å²) in [7, 11) is 1.56. The van der Waals surface area contributed by atoms with Crippen LogP contribution in [0.15, 0.2) is 71.8 Å². The van der Waals surface area contributed by atoms with Gasteiger partial charge in [-0.3, -0.25) is 9.59 Å². The van der Waals surface area contributed by atoms with Crippen molar-refractivity contribution in [2.45, 2.75) is 13.8 Å². The third-order valence-corrected chi connectivity index (χ3v) is 4.69. The van der Waals surface area contributed by atoms with Crippen molar-refractivity contribution in [3.63, 3.8) is 0 Å². The maximum absolute atomic E-state index is 12.2. The molecule has 0 spiro atoms. The number of methoxy groups -OCH3 is 1. The molecule has 0 aliphatic carbocycles. The highest BCUT2D eigenvalue weighted by atomic mass is 16.5. The van der Waals surface area contributed by atoms with Crippen molar-refractivity contribution in [2.75, 3.05) is 25.6 Å². The first-order valence-electron chi connectivity index (χ1n) is 10.7. The molecule has 3 aromatic carbocycles. The van der Waals surface area contributed by atoms with Crippen molar-refractivity contribution < 1.29 is 23.8 Å². The molecule has 0 radical (unpaired) electrons. The second-order valence-corrected chi connectivity index (χ2v) is 7.27. The van der Waals surface area contributed by atoms with E-state index in [0.717, 1.165) is 5.56 Å². The van der Waals surface area contributed by atoms with Crippen LogP contribution in [-0.2, 0) is 4.79 Å². The Morgan fingerprint density at radius 2 is 1.68 bits per heavy atom. The summed E-state index contributed by atoms with van der Waals surface area (Å²) < 4.78 is 16.4. The third kappa shape index (κ3) is 7.09. The smallest absolute Gasteiger partial charge is 0.271 e. The highest BCUT2D eigenvalue weighted by Gasteiger charge is 2.10. The van der Waals surface area contributed by atoms with Gasteiger partial charge in [0.05, 0.1) is 19.9 Å². The number of carbonyl (C=O) groups excluding carboxylic acids is 2. The number of hydrogen-bond acceptors (Lipinski definition) is 6. The predicted octanol–water partition coefficient (Wildman–Crippen LogP) is 4.18. The topological polar surface area (TPSA) is 98.2 Å². The number of anilines is 1. The molecule has 0 bridgehead atoms. The summed E-state index contributed by atoms with van der Waals surface area (Å²) in [5, 5.41) is 6.79. The number of amides is 2. The van der Waals surface area contributed by atoms with Crippen LogP contribution in [0.4, 0.5) is 5.69 Å². The minimum atomic E-state index is -0.344. The summed E-state index contributed by atoms with van der Waals surface area (Å²) >= 11 is 0. The molecule has 8 nitrogen and oxygen atoms in total. The van der Waals surface area contributed by atoms with Crippen molar-refractivity contribution in [3.8, 4) is 17.2 Å². The fourth-order valence-electron chi connectivity index (χ4n) is 2.94. The Kier molecular flexibility index (Phi) is 8.62. The third-order valence-electron chi connectivity index (χ3n) is 4.69. The standard InChI is InChI=1S/C26H27N3O5/c1-4-33-24-15-19(16-27-29-26(31)20-8-12-22(32-3)13-9-20)7-14-23(24)34-17-25(30)28-21-10-5-18(2)6-11-21/h5-16H,4,17H2,1-3H3,(H,28,30)(H,29,31). The van der Waals surface area contributed by atoms with Gasteiger partial charge in [0.1, 0.15) is 5.75 Å². The van der Waals surface area contributed by atoms with Crippen molar-refractivity contribution in [1.29, 1.82) is 0 Å². The number of hydrazone groups is 1. The SMILES string of the molecule is CCOc1cc(C=NNC(=O)c2ccc(OC)cc2)ccc1OCC(=O)Nc1ccc(C)cc1. The zero-order valence-electron chi connectivity index (χ0n) is 19.3. The lowest BCUT2D eigenvalue weighted by atomic mass is 10.2. The molecule has 2 N–H and O–H groups in total. The first-order valence-corrected chi connectivity index (χ1v) is 10.7. The summed E-state index contributed by atoms with van der Waals surface area (Å²) in [5.41, 5.74) is 5.44. The van der Waals surface area contributed by atoms with Crippen LogP contribution >= 0.6 is 0 Å². The summed E-state index contributed by atoms with van der Waals surface area (Å²) in [4.78, 5) is 24.4. The predicted molar refractivity (Wildman–Crippen MR) is 131 cm³/mol. The van der Waals surface area contributed by atoms with Gasteiger partial charge in [0.2, 0.25) is 0 Å². The van der Waals surface area contributed by atoms with E-state index < -0.39 is 0 Å². The van der Waals surface area contributed by atoms with Gasteiger partial charge in [-0.15, -0.1) is 0 Å². The number of hydrogen-bond donors (Lipinski definition) is 2. The number of carbonyl (C=O) groups is 2.